The molecule has 4 heteroatoms. The van der Waals surface area contributed by atoms with Gasteiger partial charge in [0.15, 0.2) is 0 Å². The average Bonchev–Trinajstić information content (AvgIpc) is 2.69. The molecule has 0 aliphatic heterocycles. The number of nitrogens with zero attached hydrogens (tertiary/aromatic N) is 1. The van der Waals surface area contributed by atoms with Gasteiger partial charge < -0.3 is 5.32 Å². The molecule has 0 bridgehead atoms. The van der Waals surface area contributed by atoms with E-state index in [-0.39, 0.29) is 0 Å². The fourth-order valence-electron chi connectivity index (χ4n) is 1.18. The van der Waals surface area contributed by atoms with Gasteiger partial charge in [0, 0.05) is 15.5 Å². The lowest BCUT2D eigenvalue weighted by molar-refractivity contribution is 0.981. The molecule has 0 atom stereocenters. The molecule has 0 aliphatic carbocycles. The fourth-order valence-corrected chi connectivity index (χ4v) is 1.76. The van der Waals surface area contributed by atoms with Crippen LogP contribution in [0.3, 0.4) is 0 Å². The van der Waals surface area contributed by atoms with Crippen LogP contribution >= 0.6 is 22.6 Å². The van der Waals surface area contributed by atoms with Crippen LogP contribution in [0, 0.1) is 3.57 Å². The maximum Gasteiger partial charge on any atom is 0.0568 e. The van der Waals surface area contributed by atoms with Gasteiger partial charge in [-0.15, -0.1) is 0 Å². The molecular formula is C10H10IN3. The lowest BCUT2D eigenvalue weighted by atomic mass is 10.3. The van der Waals surface area contributed by atoms with E-state index in [1.54, 1.807) is 6.20 Å². The van der Waals surface area contributed by atoms with Crippen LogP contribution < -0.4 is 5.32 Å². The molecule has 72 valence electrons. The van der Waals surface area contributed by atoms with E-state index in [9.17, 15) is 0 Å². The molecule has 2 N–H and O–H groups in total. The van der Waals surface area contributed by atoms with Crippen molar-refractivity contribution in [2.75, 3.05) is 5.32 Å². The van der Waals surface area contributed by atoms with Crippen molar-refractivity contribution >= 4 is 28.3 Å². The van der Waals surface area contributed by atoms with E-state index < -0.39 is 0 Å². The van der Waals surface area contributed by atoms with Crippen molar-refractivity contribution in [3.63, 3.8) is 0 Å². The van der Waals surface area contributed by atoms with Gasteiger partial charge in [0.2, 0.25) is 0 Å². The number of benzene rings is 1. The third-order valence-corrected chi connectivity index (χ3v) is 2.84. The normalized spacial score (nSPS) is 10.1. The monoisotopic (exact) mass is 299 g/mol. The molecule has 0 fully saturated rings. The first-order chi connectivity index (χ1) is 6.86. The van der Waals surface area contributed by atoms with Crippen LogP contribution in [0.25, 0.3) is 0 Å². The van der Waals surface area contributed by atoms with Crippen LogP contribution in [0.5, 0.6) is 0 Å². The summed E-state index contributed by atoms with van der Waals surface area (Å²) in [7, 11) is 0. The Morgan fingerprint density at radius 2 is 2.14 bits per heavy atom. The third kappa shape index (κ3) is 2.25. The van der Waals surface area contributed by atoms with E-state index in [1.165, 1.54) is 3.57 Å². The highest BCUT2D eigenvalue weighted by molar-refractivity contribution is 14.1. The Balaban J connectivity index is 2.02. The molecular weight excluding hydrogens is 289 g/mol. The molecule has 2 aromatic rings. The van der Waals surface area contributed by atoms with Gasteiger partial charge in [0.1, 0.15) is 0 Å². The van der Waals surface area contributed by atoms with Crippen molar-refractivity contribution in [2.45, 2.75) is 6.54 Å². The van der Waals surface area contributed by atoms with E-state index in [4.69, 9.17) is 0 Å². The van der Waals surface area contributed by atoms with Gasteiger partial charge in [0.25, 0.3) is 0 Å². The lowest BCUT2D eigenvalue weighted by Gasteiger charge is -2.06. The van der Waals surface area contributed by atoms with Gasteiger partial charge >= 0.3 is 0 Å². The minimum absolute atomic E-state index is 0.778. The molecule has 0 saturated carbocycles. The fraction of sp³-hybridized carbons (Fsp3) is 0.100. The van der Waals surface area contributed by atoms with Crippen molar-refractivity contribution in [1.82, 2.24) is 10.2 Å². The summed E-state index contributed by atoms with van der Waals surface area (Å²) in [5.74, 6) is 0. The van der Waals surface area contributed by atoms with Gasteiger partial charge in [0.05, 0.1) is 12.2 Å². The van der Waals surface area contributed by atoms with E-state index in [2.05, 4.69) is 50.2 Å². The molecule has 1 aromatic heterocycles. The summed E-state index contributed by atoms with van der Waals surface area (Å²) in [6.07, 6.45) is 1.76. The van der Waals surface area contributed by atoms with Gasteiger partial charge in [-0.3, -0.25) is 5.10 Å². The number of rotatable bonds is 3. The molecule has 0 spiro atoms. The first kappa shape index (κ1) is 9.51. The van der Waals surface area contributed by atoms with Crippen molar-refractivity contribution < 1.29 is 0 Å². The van der Waals surface area contributed by atoms with E-state index in [0.717, 1.165) is 17.9 Å². The average molecular weight is 299 g/mol. The highest BCUT2D eigenvalue weighted by Crippen LogP contribution is 2.17. The molecule has 0 aliphatic rings. The quantitative estimate of drug-likeness (QED) is 0.855. The number of H-pyrrole nitrogens is 1. The molecule has 0 radical (unpaired) electrons. The summed E-state index contributed by atoms with van der Waals surface area (Å²) in [5, 5.41) is 10.1. The first-order valence-electron chi connectivity index (χ1n) is 4.33. The number of para-hydroxylation sites is 1. The topological polar surface area (TPSA) is 40.7 Å². The molecule has 1 heterocycles. The van der Waals surface area contributed by atoms with Crippen molar-refractivity contribution in [2.24, 2.45) is 0 Å². The summed E-state index contributed by atoms with van der Waals surface area (Å²) in [5.41, 5.74) is 2.24. The Kier molecular flexibility index (Phi) is 3.03. The zero-order chi connectivity index (χ0) is 9.80. The van der Waals surface area contributed by atoms with Crippen molar-refractivity contribution in [3.8, 4) is 0 Å². The predicted molar refractivity (Wildman–Crippen MR) is 65.1 cm³/mol. The highest BCUT2D eigenvalue weighted by Gasteiger charge is 1.97. The number of hydrogen-bond donors (Lipinski definition) is 2. The molecule has 0 saturated heterocycles. The number of aromatic nitrogens is 2. The maximum absolute atomic E-state index is 3.89. The second-order valence-electron chi connectivity index (χ2n) is 2.92. The summed E-state index contributed by atoms with van der Waals surface area (Å²) in [6.45, 7) is 0.778. The minimum Gasteiger partial charge on any atom is -0.379 e. The number of anilines is 1. The van der Waals surface area contributed by atoms with E-state index >= 15 is 0 Å². The molecule has 0 unspecified atom stereocenters. The lowest BCUT2D eigenvalue weighted by Crippen LogP contribution is -2.00. The molecule has 3 nitrogen and oxygen atoms in total. The third-order valence-electron chi connectivity index (χ3n) is 1.90. The van der Waals surface area contributed by atoms with Crippen LogP contribution in [0.1, 0.15) is 5.69 Å². The van der Waals surface area contributed by atoms with Gasteiger partial charge in [-0.1, -0.05) is 12.1 Å². The van der Waals surface area contributed by atoms with Crippen LogP contribution in [0.2, 0.25) is 0 Å². The van der Waals surface area contributed by atoms with E-state index in [0.29, 0.717) is 0 Å². The van der Waals surface area contributed by atoms with Crippen molar-refractivity contribution in [3.05, 3.63) is 45.8 Å². The smallest absolute Gasteiger partial charge is 0.0568 e. The highest BCUT2D eigenvalue weighted by atomic mass is 127. The Hall–Kier alpha value is -1.04. The minimum atomic E-state index is 0.778. The van der Waals surface area contributed by atoms with Crippen LogP contribution in [0.15, 0.2) is 36.5 Å². The zero-order valence-corrected chi connectivity index (χ0v) is 9.65. The SMILES string of the molecule is Ic1ccccc1NCc1ccn[nH]1. The van der Waals surface area contributed by atoms with Gasteiger partial charge in [-0.25, -0.2) is 0 Å². The summed E-state index contributed by atoms with van der Waals surface area (Å²) < 4.78 is 1.23. The van der Waals surface area contributed by atoms with Gasteiger partial charge in [-0.2, -0.15) is 5.10 Å². The number of aromatic amines is 1. The molecule has 2 rings (SSSR count). The molecule has 14 heavy (non-hydrogen) atoms. The predicted octanol–water partition coefficient (Wildman–Crippen LogP) is 2.63. The molecule has 0 amide bonds. The standard InChI is InChI=1S/C10H10IN3/c11-9-3-1-2-4-10(9)12-7-8-5-6-13-14-8/h1-6,12H,7H2,(H,13,14). The molecule has 1 aromatic carbocycles. The zero-order valence-electron chi connectivity index (χ0n) is 7.50. The van der Waals surface area contributed by atoms with Crippen LogP contribution in [-0.2, 0) is 6.54 Å². The summed E-state index contributed by atoms with van der Waals surface area (Å²) in [6, 6.07) is 10.2. The second kappa shape index (κ2) is 4.45. The number of nitrogens with one attached hydrogen (secondary N) is 2. The Morgan fingerprint density at radius 3 is 2.86 bits per heavy atom. The van der Waals surface area contributed by atoms with Crippen molar-refractivity contribution in [1.29, 1.82) is 0 Å². The summed E-state index contributed by atoms with van der Waals surface area (Å²) >= 11 is 2.31. The van der Waals surface area contributed by atoms with Crippen LogP contribution in [0.4, 0.5) is 5.69 Å². The Morgan fingerprint density at radius 1 is 1.29 bits per heavy atom. The number of halogens is 1. The second-order valence-corrected chi connectivity index (χ2v) is 4.08. The summed E-state index contributed by atoms with van der Waals surface area (Å²) in [4.78, 5) is 0. The van der Waals surface area contributed by atoms with Gasteiger partial charge in [-0.05, 0) is 40.8 Å². The number of hydrogen-bond acceptors (Lipinski definition) is 2. The first-order valence-corrected chi connectivity index (χ1v) is 5.41. The van der Waals surface area contributed by atoms with E-state index in [1.807, 2.05) is 18.2 Å². The van der Waals surface area contributed by atoms with Crippen LogP contribution in [-0.4, -0.2) is 10.2 Å². The largest absolute Gasteiger partial charge is 0.379 e. The Labute approximate surface area is 96.1 Å². The maximum atomic E-state index is 3.89. The Bertz CT molecular complexity index is 398.